The highest BCUT2D eigenvalue weighted by Crippen LogP contribution is 2.53. The van der Waals surface area contributed by atoms with Crippen molar-refractivity contribution in [3.63, 3.8) is 0 Å². The maximum absolute atomic E-state index is 11.1. The molecule has 0 radical (unpaired) electrons. The molecule has 60 valence electrons. The molecule has 0 aromatic carbocycles. The number of carbonyl (C=O) groups excluding carboxylic acids is 2. The van der Waals surface area contributed by atoms with E-state index in [9.17, 15) is 9.59 Å². The quantitative estimate of drug-likeness (QED) is 0.504. The van der Waals surface area contributed by atoms with Crippen molar-refractivity contribution in [2.45, 2.75) is 24.8 Å². The topological polar surface area (TPSA) is 37.4 Å². The van der Waals surface area contributed by atoms with E-state index in [-0.39, 0.29) is 17.4 Å². The van der Waals surface area contributed by atoms with Crippen LogP contribution >= 0.6 is 0 Å². The van der Waals surface area contributed by atoms with E-state index in [0.29, 0.717) is 6.42 Å². The number of amides is 1. The first-order valence-corrected chi connectivity index (χ1v) is 3.93. The van der Waals surface area contributed by atoms with Gasteiger partial charge < -0.3 is 9.69 Å². The van der Waals surface area contributed by atoms with Crippen LogP contribution in [0.3, 0.4) is 0 Å². The summed E-state index contributed by atoms with van der Waals surface area (Å²) in [4.78, 5) is 23.3. The summed E-state index contributed by atoms with van der Waals surface area (Å²) in [7, 11) is 1.80. The molecule has 3 heteroatoms. The number of hydrogen-bond donors (Lipinski definition) is 0. The zero-order valence-corrected chi connectivity index (χ0v) is 6.54. The molecule has 0 unspecified atom stereocenters. The Kier molecular flexibility index (Phi) is 1.14. The first-order chi connectivity index (χ1) is 5.20. The maximum Gasteiger partial charge on any atom is 0.222 e. The Hall–Kier alpha value is -0.860. The van der Waals surface area contributed by atoms with Crippen LogP contribution in [0.1, 0.15) is 19.3 Å². The minimum Gasteiger partial charge on any atom is -0.339 e. The Labute approximate surface area is 65.4 Å². The summed E-state index contributed by atoms with van der Waals surface area (Å²) >= 11 is 0. The predicted molar refractivity (Wildman–Crippen MR) is 38.9 cm³/mol. The minimum atomic E-state index is -0.0428. The highest BCUT2D eigenvalue weighted by Gasteiger charge is 2.61. The fraction of sp³-hybridized carbons (Fsp3) is 0.750. The van der Waals surface area contributed by atoms with Crippen molar-refractivity contribution in [1.82, 2.24) is 4.90 Å². The molecule has 1 heterocycles. The highest BCUT2D eigenvalue weighted by atomic mass is 16.2. The fourth-order valence-electron chi connectivity index (χ4n) is 2.08. The Morgan fingerprint density at radius 2 is 2.45 bits per heavy atom. The van der Waals surface area contributed by atoms with Crippen molar-refractivity contribution in [3.8, 4) is 0 Å². The van der Waals surface area contributed by atoms with Crippen LogP contribution < -0.4 is 0 Å². The van der Waals surface area contributed by atoms with E-state index >= 15 is 0 Å². The van der Waals surface area contributed by atoms with Gasteiger partial charge in [-0.15, -0.1) is 0 Å². The lowest BCUT2D eigenvalue weighted by atomic mass is 10.1. The standard InChI is InChI=1S/C8H11NO2/c1-9-7(11)2-3-8(9)4-6(8)5-10/h5-6H,2-4H2,1H3/t6-,8-/m0/s1. The zero-order chi connectivity index (χ0) is 8.06. The number of rotatable bonds is 1. The van der Waals surface area contributed by atoms with Crippen LogP contribution in [0.5, 0.6) is 0 Å². The van der Waals surface area contributed by atoms with Gasteiger partial charge in [0.15, 0.2) is 0 Å². The van der Waals surface area contributed by atoms with Crippen LogP contribution in [0.4, 0.5) is 0 Å². The van der Waals surface area contributed by atoms with Gasteiger partial charge in [0.2, 0.25) is 5.91 Å². The Bertz CT molecular complexity index is 226. The molecule has 0 bridgehead atoms. The third-order valence-electron chi connectivity index (χ3n) is 3.08. The van der Waals surface area contributed by atoms with Crippen molar-refractivity contribution >= 4 is 12.2 Å². The van der Waals surface area contributed by atoms with Gasteiger partial charge in [0.1, 0.15) is 6.29 Å². The molecular formula is C8H11NO2. The van der Waals surface area contributed by atoms with E-state index < -0.39 is 0 Å². The van der Waals surface area contributed by atoms with Gasteiger partial charge in [0.05, 0.1) is 5.54 Å². The first kappa shape index (κ1) is 6.83. The lowest BCUT2D eigenvalue weighted by Crippen LogP contribution is -2.32. The van der Waals surface area contributed by atoms with Crippen molar-refractivity contribution in [2.24, 2.45) is 5.92 Å². The third kappa shape index (κ3) is 0.682. The van der Waals surface area contributed by atoms with Gasteiger partial charge in [-0.25, -0.2) is 0 Å². The van der Waals surface area contributed by atoms with Gasteiger partial charge in [-0.3, -0.25) is 4.79 Å². The molecule has 0 N–H and O–H groups in total. The highest BCUT2D eigenvalue weighted by molar-refractivity contribution is 5.82. The van der Waals surface area contributed by atoms with E-state index in [2.05, 4.69) is 0 Å². The number of hydrogen-bond acceptors (Lipinski definition) is 2. The van der Waals surface area contributed by atoms with Gasteiger partial charge in [-0.2, -0.15) is 0 Å². The van der Waals surface area contributed by atoms with Crippen LogP contribution in [0.15, 0.2) is 0 Å². The van der Waals surface area contributed by atoms with Crippen LogP contribution in [-0.4, -0.2) is 29.7 Å². The number of nitrogens with zero attached hydrogens (tertiary/aromatic N) is 1. The average molecular weight is 153 g/mol. The van der Waals surface area contributed by atoms with Crippen molar-refractivity contribution in [1.29, 1.82) is 0 Å². The minimum absolute atomic E-state index is 0.0428. The number of aldehydes is 1. The van der Waals surface area contributed by atoms with Gasteiger partial charge in [0, 0.05) is 19.4 Å². The molecule has 2 fully saturated rings. The van der Waals surface area contributed by atoms with Crippen molar-refractivity contribution < 1.29 is 9.59 Å². The smallest absolute Gasteiger partial charge is 0.222 e. The Balaban J connectivity index is 2.18. The van der Waals surface area contributed by atoms with Crippen LogP contribution in [-0.2, 0) is 9.59 Å². The number of carbonyl (C=O) groups is 2. The third-order valence-corrected chi connectivity index (χ3v) is 3.08. The second-order valence-electron chi connectivity index (χ2n) is 3.50. The maximum atomic E-state index is 11.1. The van der Waals surface area contributed by atoms with E-state index in [1.165, 1.54) is 0 Å². The lowest BCUT2D eigenvalue weighted by Gasteiger charge is -2.18. The van der Waals surface area contributed by atoms with Crippen molar-refractivity contribution in [3.05, 3.63) is 0 Å². The molecule has 0 aromatic heterocycles. The summed E-state index contributed by atoms with van der Waals surface area (Å²) < 4.78 is 0. The second kappa shape index (κ2) is 1.84. The SMILES string of the molecule is CN1C(=O)CC[C@@]12C[C@H]2C=O. The molecule has 11 heavy (non-hydrogen) atoms. The van der Waals surface area contributed by atoms with Crippen LogP contribution in [0, 0.1) is 5.92 Å². The van der Waals surface area contributed by atoms with Crippen molar-refractivity contribution in [2.75, 3.05) is 7.05 Å². The molecular weight excluding hydrogens is 142 g/mol. The van der Waals surface area contributed by atoms with E-state index in [0.717, 1.165) is 19.1 Å². The molecule has 1 saturated carbocycles. The fourth-order valence-corrected chi connectivity index (χ4v) is 2.08. The number of likely N-dealkylation sites (tertiary alicyclic amines) is 1. The molecule has 1 spiro atoms. The molecule has 2 atom stereocenters. The molecule has 1 amide bonds. The molecule has 0 aromatic rings. The monoisotopic (exact) mass is 153 g/mol. The van der Waals surface area contributed by atoms with Crippen LogP contribution in [0.25, 0.3) is 0 Å². The summed E-state index contributed by atoms with van der Waals surface area (Å²) in [5, 5.41) is 0. The predicted octanol–water partition coefficient (Wildman–Crippen LogP) is 0.196. The zero-order valence-electron chi connectivity index (χ0n) is 6.54. The molecule has 2 rings (SSSR count). The summed E-state index contributed by atoms with van der Waals surface area (Å²) in [5.41, 5.74) is -0.0428. The molecule has 1 saturated heterocycles. The summed E-state index contributed by atoms with van der Waals surface area (Å²) in [6.45, 7) is 0. The van der Waals surface area contributed by atoms with Gasteiger partial charge >= 0.3 is 0 Å². The Morgan fingerprint density at radius 1 is 1.73 bits per heavy atom. The van der Waals surface area contributed by atoms with Crippen LogP contribution in [0.2, 0.25) is 0 Å². The summed E-state index contributed by atoms with van der Waals surface area (Å²) in [6, 6.07) is 0. The van der Waals surface area contributed by atoms with E-state index in [4.69, 9.17) is 0 Å². The molecule has 2 aliphatic rings. The van der Waals surface area contributed by atoms with Gasteiger partial charge in [-0.05, 0) is 12.8 Å². The molecule has 1 aliphatic heterocycles. The average Bonchev–Trinajstić information content (AvgIpc) is 2.67. The largest absolute Gasteiger partial charge is 0.339 e. The first-order valence-electron chi connectivity index (χ1n) is 3.93. The molecule has 3 nitrogen and oxygen atoms in total. The lowest BCUT2D eigenvalue weighted by molar-refractivity contribution is -0.128. The normalized spacial score (nSPS) is 41.7. The van der Waals surface area contributed by atoms with Gasteiger partial charge in [-0.1, -0.05) is 0 Å². The van der Waals surface area contributed by atoms with E-state index in [1.807, 2.05) is 0 Å². The summed E-state index contributed by atoms with van der Waals surface area (Å²) in [6.07, 6.45) is 3.38. The summed E-state index contributed by atoms with van der Waals surface area (Å²) in [5.74, 6) is 0.313. The second-order valence-corrected chi connectivity index (χ2v) is 3.50. The Morgan fingerprint density at radius 3 is 2.82 bits per heavy atom. The molecule has 1 aliphatic carbocycles. The van der Waals surface area contributed by atoms with E-state index in [1.54, 1.807) is 11.9 Å². The van der Waals surface area contributed by atoms with Gasteiger partial charge in [0.25, 0.3) is 0 Å².